The number of benzene rings is 1. The van der Waals surface area contributed by atoms with Crippen LogP contribution in [0.4, 0.5) is 4.79 Å². The number of hydrogen-bond acceptors (Lipinski definition) is 11. The van der Waals surface area contributed by atoms with Crippen molar-refractivity contribution in [1.82, 2.24) is 14.9 Å². The highest BCUT2D eigenvalue weighted by Crippen LogP contribution is 2.28. The van der Waals surface area contributed by atoms with Gasteiger partial charge in [-0.3, -0.25) is 14.6 Å². The molecule has 0 spiro atoms. The molecule has 0 bridgehead atoms. The predicted octanol–water partition coefficient (Wildman–Crippen LogP) is 3.90. The Morgan fingerprint density at radius 1 is 0.922 bits per heavy atom. The number of carbonyl (C=O) groups excluding carboxylic acids is 3. The fraction of sp³-hybridized carbons (Fsp3) is 0.622. The minimum Gasteiger partial charge on any atom is -0.494 e. The van der Waals surface area contributed by atoms with E-state index in [1.807, 2.05) is 45.0 Å². The molecule has 1 atom stereocenters. The van der Waals surface area contributed by atoms with E-state index in [2.05, 4.69) is 10.3 Å². The Morgan fingerprint density at radius 2 is 1.65 bits per heavy atom. The van der Waals surface area contributed by atoms with Gasteiger partial charge in [0.25, 0.3) is 0 Å². The molecule has 1 aromatic carbocycles. The quantitative estimate of drug-likeness (QED) is 0.104. The van der Waals surface area contributed by atoms with Crippen molar-refractivity contribution in [2.75, 3.05) is 73.0 Å². The van der Waals surface area contributed by atoms with E-state index < -0.39 is 23.6 Å². The molecule has 1 aliphatic rings. The fourth-order valence-corrected chi connectivity index (χ4v) is 5.30. The summed E-state index contributed by atoms with van der Waals surface area (Å²) in [7, 11) is 1.33. The molecule has 0 fully saturated rings. The van der Waals surface area contributed by atoms with Crippen LogP contribution < -0.4 is 15.5 Å². The lowest BCUT2D eigenvalue weighted by molar-refractivity contribution is -0.147. The van der Waals surface area contributed by atoms with Gasteiger partial charge in [-0.15, -0.1) is 0 Å². The Hall–Kier alpha value is -4.14. The number of rotatable bonds is 22. The van der Waals surface area contributed by atoms with Crippen molar-refractivity contribution in [3.8, 4) is 5.75 Å². The molecule has 1 unspecified atom stereocenters. The number of fused-ring (bicyclic) bond motifs is 1. The number of carbonyl (C=O) groups is 3. The average molecular weight is 717 g/mol. The number of nitrogens with one attached hydrogen (secondary N) is 1. The molecule has 51 heavy (non-hydrogen) atoms. The van der Waals surface area contributed by atoms with E-state index in [-0.39, 0.29) is 12.3 Å². The van der Waals surface area contributed by atoms with Crippen LogP contribution >= 0.6 is 0 Å². The van der Waals surface area contributed by atoms with Crippen LogP contribution in [0.15, 0.2) is 47.6 Å². The van der Waals surface area contributed by atoms with Crippen LogP contribution in [-0.2, 0) is 46.2 Å². The van der Waals surface area contributed by atoms with Crippen molar-refractivity contribution in [2.45, 2.75) is 71.4 Å². The van der Waals surface area contributed by atoms with Crippen molar-refractivity contribution in [1.29, 1.82) is 0 Å². The van der Waals surface area contributed by atoms with Gasteiger partial charge in [0, 0.05) is 52.0 Å². The molecule has 2 N–H and O–H groups in total. The van der Waals surface area contributed by atoms with Gasteiger partial charge < -0.3 is 43.8 Å². The van der Waals surface area contributed by atoms with Gasteiger partial charge in [0.15, 0.2) is 5.49 Å². The fourth-order valence-electron chi connectivity index (χ4n) is 5.30. The summed E-state index contributed by atoms with van der Waals surface area (Å²) >= 11 is 0. The Morgan fingerprint density at radius 3 is 2.35 bits per heavy atom. The topological polar surface area (TPSA) is 159 Å². The summed E-state index contributed by atoms with van der Waals surface area (Å²) in [5.41, 5.74) is 1.96. The van der Waals surface area contributed by atoms with E-state index in [0.717, 1.165) is 28.7 Å². The van der Waals surface area contributed by atoms with Crippen molar-refractivity contribution in [2.24, 2.45) is 10.9 Å². The molecule has 2 amide bonds. The van der Waals surface area contributed by atoms with Crippen molar-refractivity contribution < 1.29 is 48.0 Å². The summed E-state index contributed by atoms with van der Waals surface area (Å²) in [5.74, 6) is -0.299. The summed E-state index contributed by atoms with van der Waals surface area (Å²) in [6, 6.07) is 11.1. The van der Waals surface area contributed by atoms with Gasteiger partial charge in [-0.2, -0.15) is 4.73 Å². The van der Waals surface area contributed by atoms with Crippen LogP contribution in [0.3, 0.4) is 0 Å². The minimum atomic E-state index is -0.509. The third-order valence-corrected chi connectivity index (χ3v) is 7.81. The van der Waals surface area contributed by atoms with E-state index >= 15 is 0 Å². The van der Waals surface area contributed by atoms with Crippen LogP contribution in [0.25, 0.3) is 0 Å². The van der Waals surface area contributed by atoms with Gasteiger partial charge in [0.1, 0.15) is 11.4 Å². The van der Waals surface area contributed by atoms with Crippen LogP contribution in [0.5, 0.6) is 5.75 Å². The maximum absolute atomic E-state index is 13.5. The second-order valence-corrected chi connectivity index (χ2v) is 13.2. The van der Waals surface area contributed by atoms with Gasteiger partial charge in [-0.05, 0) is 81.8 Å². The summed E-state index contributed by atoms with van der Waals surface area (Å²) < 4.78 is 34.0. The zero-order chi connectivity index (χ0) is 36.9. The monoisotopic (exact) mass is 716 g/mol. The number of alkyl carbamates (subject to hydrolysis) is 1. The molecule has 14 nitrogen and oxygen atoms in total. The average Bonchev–Trinajstić information content (AvgIpc) is 3.21. The molecule has 2 heterocycles. The molecule has 284 valence electrons. The summed E-state index contributed by atoms with van der Waals surface area (Å²) in [4.78, 5) is 43.5. The summed E-state index contributed by atoms with van der Waals surface area (Å²) in [5, 5.41) is 12.5. The predicted molar refractivity (Wildman–Crippen MR) is 188 cm³/mol. The Kier molecular flexibility index (Phi) is 18.3. The molecule has 0 saturated heterocycles. The SMILES string of the molecule is COC(=O)CC1Cc2ccc(OCCCN=c3ccccn3O)cc2CN(CCCOCCOCCOCCCCNC(=O)OC(C)(C)C)C1=O. The number of nitrogens with zero attached hydrogens (tertiary/aromatic N) is 3. The molecule has 14 heteroatoms. The van der Waals surface area contributed by atoms with Crippen molar-refractivity contribution in [3.63, 3.8) is 0 Å². The van der Waals surface area contributed by atoms with Gasteiger partial charge in [0.05, 0.1) is 52.5 Å². The number of methoxy groups -OCH3 is 1. The highest BCUT2D eigenvalue weighted by Gasteiger charge is 2.31. The van der Waals surface area contributed by atoms with Gasteiger partial charge in [-0.1, -0.05) is 12.1 Å². The largest absolute Gasteiger partial charge is 0.494 e. The smallest absolute Gasteiger partial charge is 0.407 e. The number of esters is 1. The molecular weight excluding hydrogens is 660 g/mol. The first-order chi connectivity index (χ1) is 24.6. The number of aromatic nitrogens is 1. The standard InChI is InChI=1S/C37H56N4O10/c1-37(2,3)51-36(44)39-14-6-8-18-47-21-23-49-24-22-48-19-10-16-40-28-31-26-32(50-20-9-15-38-33-11-5-7-17-41(33)45)13-12-29(31)25-30(35(40)43)27-34(42)46-4/h5,7,11-13,17,26,30,45H,6,8-10,14-16,18-25,27-28H2,1-4H3,(H,39,44). The zero-order valence-corrected chi connectivity index (χ0v) is 30.6. The molecular formula is C37H56N4O10. The normalized spacial score (nSPS) is 14.9. The molecule has 2 aromatic rings. The Bertz CT molecular complexity index is 1420. The van der Waals surface area contributed by atoms with E-state index in [9.17, 15) is 19.6 Å². The summed E-state index contributed by atoms with van der Waals surface area (Å²) in [6.45, 7) is 10.7. The maximum Gasteiger partial charge on any atom is 0.407 e. The molecule has 0 aliphatic carbocycles. The highest BCUT2D eigenvalue weighted by atomic mass is 16.6. The number of hydrogen-bond donors (Lipinski definition) is 2. The maximum atomic E-state index is 13.5. The van der Waals surface area contributed by atoms with Crippen molar-refractivity contribution >= 4 is 18.0 Å². The van der Waals surface area contributed by atoms with E-state index in [1.165, 1.54) is 13.3 Å². The third-order valence-electron chi connectivity index (χ3n) is 7.81. The minimum absolute atomic E-state index is 0.0190. The first-order valence-corrected chi connectivity index (χ1v) is 17.7. The summed E-state index contributed by atoms with van der Waals surface area (Å²) in [6.07, 6.45) is 4.49. The van der Waals surface area contributed by atoms with Gasteiger partial charge in [0.2, 0.25) is 5.91 Å². The molecule has 1 aliphatic heterocycles. The van der Waals surface area contributed by atoms with Gasteiger partial charge in [-0.25, -0.2) is 4.79 Å². The molecule has 0 saturated carbocycles. The first kappa shape index (κ1) is 41.3. The first-order valence-electron chi connectivity index (χ1n) is 17.7. The molecule has 0 radical (unpaired) electrons. The van der Waals surface area contributed by atoms with E-state index in [1.54, 1.807) is 17.0 Å². The second-order valence-electron chi connectivity index (χ2n) is 13.2. The van der Waals surface area contributed by atoms with Crippen LogP contribution in [0.2, 0.25) is 0 Å². The number of ether oxygens (including phenoxy) is 6. The Labute approximate surface area is 301 Å². The molecule has 3 rings (SSSR count). The number of pyridine rings is 1. The second kappa shape index (κ2) is 22.6. The Balaban J connectivity index is 1.34. The highest BCUT2D eigenvalue weighted by molar-refractivity contribution is 5.84. The van der Waals surface area contributed by atoms with Crippen LogP contribution in [-0.4, -0.2) is 111 Å². The van der Waals surface area contributed by atoms with E-state index in [0.29, 0.717) is 103 Å². The third kappa shape index (κ3) is 16.6. The van der Waals surface area contributed by atoms with Crippen molar-refractivity contribution in [3.05, 3.63) is 59.2 Å². The van der Waals surface area contributed by atoms with Crippen LogP contribution in [0, 0.1) is 5.92 Å². The lowest BCUT2D eigenvalue weighted by atomic mass is 9.94. The van der Waals surface area contributed by atoms with E-state index in [4.69, 9.17) is 28.4 Å². The lowest BCUT2D eigenvalue weighted by Crippen LogP contribution is -2.36. The number of unbranched alkanes of at least 4 members (excludes halogenated alkanes) is 1. The molecule has 1 aromatic heterocycles. The lowest BCUT2D eigenvalue weighted by Gasteiger charge is -2.24. The zero-order valence-electron chi connectivity index (χ0n) is 30.6. The van der Waals surface area contributed by atoms with Gasteiger partial charge >= 0.3 is 12.1 Å². The number of amides is 2. The van der Waals surface area contributed by atoms with Crippen LogP contribution in [0.1, 0.15) is 64.0 Å².